The van der Waals surface area contributed by atoms with Gasteiger partial charge in [-0.2, -0.15) is 0 Å². The van der Waals surface area contributed by atoms with Crippen LogP contribution in [0.4, 0.5) is 9.59 Å². The number of aromatic amines is 2. The van der Waals surface area contributed by atoms with E-state index in [0.717, 1.165) is 80.8 Å². The van der Waals surface area contributed by atoms with Gasteiger partial charge in [-0.15, -0.1) is 0 Å². The number of amides is 2. The van der Waals surface area contributed by atoms with E-state index in [1.54, 1.807) is 5.57 Å². The number of ether oxygens (including phenoxy) is 2. The summed E-state index contributed by atoms with van der Waals surface area (Å²) in [6.45, 7) is 12.8. The number of likely N-dealkylation sites (tertiary alicyclic amines) is 2. The van der Waals surface area contributed by atoms with Gasteiger partial charge in [0.25, 0.3) is 0 Å². The maximum atomic E-state index is 13.0. The summed E-state index contributed by atoms with van der Waals surface area (Å²) in [5.74, 6) is 2.17. The zero-order valence-corrected chi connectivity index (χ0v) is 30.3. The Balaban J connectivity index is 1.03. The van der Waals surface area contributed by atoms with Gasteiger partial charge in [-0.25, -0.2) is 19.6 Å². The Morgan fingerprint density at radius 1 is 0.760 bits per heavy atom. The van der Waals surface area contributed by atoms with Crippen molar-refractivity contribution in [1.29, 1.82) is 0 Å². The zero-order valence-electron chi connectivity index (χ0n) is 30.3. The van der Waals surface area contributed by atoms with Gasteiger partial charge in [-0.1, -0.05) is 6.08 Å². The number of allylic oxidation sites excluding steroid dienone is 4. The maximum absolute atomic E-state index is 13.0. The average Bonchev–Trinajstić information content (AvgIpc) is 3.87. The van der Waals surface area contributed by atoms with E-state index < -0.39 is 11.2 Å². The number of nitrogens with one attached hydrogen (secondary N) is 2. The summed E-state index contributed by atoms with van der Waals surface area (Å²) in [4.78, 5) is 46.3. The third-order valence-electron chi connectivity index (χ3n) is 10.8. The van der Waals surface area contributed by atoms with Crippen LogP contribution in [0.5, 0.6) is 0 Å². The molecule has 0 spiro atoms. The summed E-state index contributed by atoms with van der Waals surface area (Å²) in [5, 5.41) is 0. The fourth-order valence-electron chi connectivity index (χ4n) is 8.75. The van der Waals surface area contributed by atoms with Gasteiger partial charge < -0.3 is 19.4 Å². The Hall–Kier alpha value is -4.34. The maximum Gasteiger partial charge on any atom is 0.410 e. The van der Waals surface area contributed by atoms with Gasteiger partial charge in [-0.3, -0.25) is 9.80 Å². The highest BCUT2D eigenvalue weighted by Crippen LogP contribution is 2.51. The highest BCUT2D eigenvalue weighted by molar-refractivity contribution is 5.87. The van der Waals surface area contributed by atoms with Gasteiger partial charge in [0.1, 0.15) is 22.9 Å². The Labute approximate surface area is 294 Å². The fourth-order valence-corrected chi connectivity index (χ4v) is 8.75. The molecule has 10 heteroatoms. The molecule has 2 N–H and O–H groups in total. The van der Waals surface area contributed by atoms with Crippen LogP contribution < -0.4 is 0 Å². The lowest BCUT2D eigenvalue weighted by atomic mass is 9.66. The zero-order chi connectivity index (χ0) is 34.9. The SMILES string of the molecule is CC(C)(C)OC(=O)N1CCC[C@H]1c1ncc(C2=CC3=C4c5c(cc(-c6cnc([C@@H]7CCCN7C(=O)OC(C)(C)C)[nH]6)cc5CCC4C2)CC3)[nH]1. The molecule has 10 nitrogen and oxygen atoms in total. The van der Waals surface area contributed by atoms with Crippen LogP contribution in [0.25, 0.3) is 22.4 Å². The van der Waals surface area contributed by atoms with Crippen molar-refractivity contribution in [2.45, 2.75) is 123 Å². The summed E-state index contributed by atoms with van der Waals surface area (Å²) in [6, 6.07) is 4.54. The number of aryl methyl sites for hydroxylation is 2. The van der Waals surface area contributed by atoms with E-state index in [9.17, 15) is 9.59 Å². The monoisotopic (exact) mass is 678 g/mol. The lowest BCUT2D eigenvalue weighted by molar-refractivity contribution is 0.0208. The molecule has 0 bridgehead atoms. The van der Waals surface area contributed by atoms with Crippen LogP contribution in [0.15, 0.2) is 36.2 Å². The normalized spacial score (nSPS) is 23.2. The molecule has 2 aliphatic heterocycles. The van der Waals surface area contributed by atoms with E-state index in [0.29, 0.717) is 19.0 Å². The van der Waals surface area contributed by atoms with Gasteiger partial charge in [0.05, 0.1) is 35.9 Å². The second kappa shape index (κ2) is 12.2. The number of benzene rings is 1. The molecule has 0 saturated carbocycles. The second-order valence-corrected chi connectivity index (χ2v) is 16.7. The van der Waals surface area contributed by atoms with Crippen LogP contribution in [0.1, 0.15) is 133 Å². The van der Waals surface area contributed by atoms with Crippen molar-refractivity contribution in [3.05, 3.63) is 70.2 Å². The highest BCUT2D eigenvalue weighted by Gasteiger charge is 2.38. The minimum absolute atomic E-state index is 0.0846. The van der Waals surface area contributed by atoms with E-state index in [1.165, 1.54) is 33.4 Å². The molecular formula is C40H50N6O4. The van der Waals surface area contributed by atoms with Gasteiger partial charge in [0, 0.05) is 18.7 Å². The molecule has 50 heavy (non-hydrogen) atoms. The first-order valence-electron chi connectivity index (χ1n) is 18.5. The molecule has 2 fully saturated rings. The van der Waals surface area contributed by atoms with E-state index in [2.05, 4.69) is 28.2 Å². The summed E-state index contributed by atoms with van der Waals surface area (Å²) in [7, 11) is 0. The van der Waals surface area contributed by atoms with Crippen molar-refractivity contribution in [3.8, 4) is 11.3 Å². The molecule has 1 aromatic carbocycles. The smallest absolute Gasteiger partial charge is 0.410 e. The van der Waals surface area contributed by atoms with E-state index >= 15 is 0 Å². The molecule has 3 atom stereocenters. The molecule has 3 aliphatic carbocycles. The van der Waals surface area contributed by atoms with Gasteiger partial charge in [0.15, 0.2) is 0 Å². The van der Waals surface area contributed by atoms with Crippen molar-refractivity contribution < 1.29 is 19.1 Å². The number of hydrogen-bond acceptors (Lipinski definition) is 6. The predicted molar refractivity (Wildman–Crippen MR) is 192 cm³/mol. The highest BCUT2D eigenvalue weighted by atomic mass is 16.6. The molecule has 264 valence electrons. The quantitative estimate of drug-likeness (QED) is 0.285. The molecule has 5 aliphatic rings. The predicted octanol–water partition coefficient (Wildman–Crippen LogP) is 8.69. The first-order chi connectivity index (χ1) is 23.8. The molecule has 2 saturated heterocycles. The number of imidazole rings is 2. The molecule has 8 rings (SSSR count). The number of aromatic nitrogens is 4. The molecule has 2 aromatic heterocycles. The third kappa shape index (κ3) is 6.15. The Kier molecular flexibility index (Phi) is 7.99. The summed E-state index contributed by atoms with van der Waals surface area (Å²) >= 11 is 0. The lowest BCUT2D eigenvalue weighted by Crippen LogP contribution is -2.36. The minimum atomic E-state index is -0.530. The van der Waals surface area contributed by atoms with Crippen LogP contribution >= 0.6 is 0 Å². The Morgan fingerprint density at radius 2 is 1.32 bits per heavy atom. The second-order valence-electron chi connectivity index (χ2n) is 16.7. The van der Waals surface area contributed by atoms with Crippen LogP contribution in [-0.2, 0) is 22.3 Å². The van der Waals surface area contributed by atoms with Crippen molar-refractivity contribution in [2.75, 3.05) is 13.1 Å². The molecule has 0 radical (unpaired) electrons. The Bertz CT molecular complexity index is 1900. The molecule has 3 aromatic rings. The van der Waals surface area contributed by atoms with Crippen molar-refractivity contribution in [2.24, 2.45) is 5.92 Å². The summed E-state index contributed by atoms with van der Waals surface area (Å²) in [6.07, 6.45) is 14.6. The lowest BCUT2D eigenvalue weighted by Gasteiger charge is -2.38. The number of H-pyrrole nitrogens is 2. The van der Waals surface area contributed by atoms with E-state index in [1.807, 2.05) is 63.7 Å². The van der Waals surface area contributed by atoms with E-state index in [-0.39, 0.29) is 24.3 Å². The van der Waals surface area contributed by atoms with Crippen molar-refractivity contribution in [1.82, 2.24) is 29.7 Å². The molecule has 1 unspecified atom stereocenters. The number of rotatable bonds is 4. The third-order valence-corrected chi connectivity index (χ3v) is 10.8. The van der Waals surface area contributed by atoms with Crippen LogP contribution in [-0.4, -0.2) is 66.2 Å². The number of hydrogen-bond donors (Lipinski definition) is 2. The summed E-state index contributed by atoms with van der Waals surface area (Å²) < 4.78 is 11.4. The topological polar surface area (TPSA) is 116 Å². The van der Waals surface area contributed by atoms with Crippen LogP contribution in [0, 0.1) is 5.92 Å². The average molecular weight is 679 g/mol. The Morgan fingerprint density at radius 3 is 1.92 bits per heavy atom. The molecule has 4 heterocycles. The standard InChI is InChI=1S/C40H50N6O4/c1-39(2,3)49-37(47)45-15-7-9-31(45)35-41-21-29(43-35)27-17-23-11-13-25-19-28(20-26-14-12-24(18-27)33(23)34(25)26)30-22-42-36(44-30)32-10-8-16-46(32)38(48)50-40(4,5)6/h17-19,21-22,26,31-32H,7-16,20H2,1-6H3,(H,41,43)(H,42,44)/t26?,31-,32-/m0/s1. The minimum Gasteiger partial charge on any atom is -0.444 e. The molecule has 2 amide bonds. The first kappa shape index (κ1) is 32.8. The van der Waals surface area contributed by atoms with E-state index in [4.69, 9.17) is 19.4 Å². The van der Waals surface area contributed by atoms with Crippen LogP contribution in [0.3, 0.4) is 0 Å². The van der Waals surface area contributed by atoms with Gasteiger partial charge >= 0.3 is 12.2 Å². The number of carbonyl (C=O) groups excluding carboxylic acids is 2. The summed E-state index contributed by atoms with van der Waals surface area (Å²) in [5.41, 5.74) is 10.8. The number of nitrogens with zero attached hydrogens (tertiary/aromatic N) is 4. The van der Waals surface area contributed by atoms with Gasteiger partial charge in [-0.05, 0) is 151 Å². The van der Waals surface area contributed by atoms with Crippen LogP contribution in [0.2, 0.25) is 0 Å². The largest absolute Gasteiger partial charge is 0.444 e. The van der Waals surface area contributed by atoms with Crippen molar-refractivity contribution >= 4 is 23.3 Å². The van der Waals surface area contributed by atoms with Crippen molar-refractivity contribution in [3.63, 3.8) is 0 Å². The fraction of sp³-hybridized carbons (Fsp3) is 0.550. The van der Waals surface area contributed by atoms with Gasteiger partial charge in [0.2, 0.25) is 0 Å². The number of carbonyl (C=O) groups is 2. The first-order valence-corrected chi connectivity index (χ1v) is 18.5. The molecular weight excluding hydrogens is 628 g/mol.